The third-order valence-electron chi connectivity index (χ3n) is 3.25. The third kappa shape index (κ3) is 3.12. The van der Waals surface area contributed by atoms with E-state index in [0.29, 0.717) is 22.5 Å². The van der Waals surface area contributed by atoms with E-state index in [1.165, 1.54) is 12.5 Å². The van der Waals surface area contributed by atoms with Crippen LogP contribution in [0.1, 0.15) is 24.8 Å². The summed E-state index contributed by atoms with van der Waals surface area (Å²) < 4.78 is 27.4. The largest absolute Gasteiger partial charge is 0.392 e. The normalized spacial score (nSPS) is 16.6. The van der Waals surface area contributed by atoms with E-state index in [1.54, 1.807) is 12.1 Å². The first kappa shape index (κ1) is 14.0. The van der Waals surface area contributed by atoms with E-state index in [9.17, 15) is 8.42 Å². The molecule has 4 nitrogen and oxygen atoms in total. The first-order valence-corrected chi connectivity index (χ1v) is 8.19. The van der Waals surface area contributed by atoms with E-state index < -0.39 is 10.0 Å². The van der Waals surface area contributed by atoms with E-state index in [1.807, 2.05) is 0 Å². The second-order valence-electron chi connectivity index (χ2n) is 4.57. The van der Waals surface area contributed by atoms with Crippen molar-refractivity contribution < 1.29 is 13.5 Å². The van der Waals surface area contributed by atoms with Gasteiger partial charge in [-0.15, -0.1) is 0 Å². The highest BCUT2D eigenvalue weighted by Crippen LogP contribution is 2.27. The van der Waals surface area contributed by atoms with Gasteiger partial charge in [0.25, 0.3) is 0 Å². The Balaban J connectivity index is 2.16. The molecule has 0 atom stereocenters. The van der Waals surface area contributed by atoms with Crippen LogP contribution in [-0.4, -0.2) is 20.1 Å². The van der Waals surface area contributed by atoms with Gasteiger partial charge in [0.15, 0.2) is 0 Å². The first-order chi connectivity index (χ1) is 8.53. The van der Waals surface area contributed by atoms with Gasteiger partial charge in [-0.05, 0) is 52.4 Å². The maximum absolute atomic E-state index is 12.1. The Labute approximate surface area is 116 Å². The maximum Gasteiger partial charge on any atom is 0.241 e. The van der Waals surface area contributed by atoms with Crippen LogP contribution in [0.5, 0.6) is 0 Å². The zero-order chi connectivity index (χ0) is 13.2. The van der Waals surface area contributed by atoms with Crippen LogP contribution < -0.4 is 4.72 Å². The van der Waals surface area contributed by atoms with Crippen LogP contribution in [0.25, 0.3) is 0 Å². The van der Waals surface area contributed by atoms with Crippen LogP contribution >= 0.6 is 15.9 Å². The second-order valence-corrected chi connectivity index (χ2v) is 7.16. The zero-order valence-electron chi connectivity index (χ0n) is 9.89. The van der Waals surface area contributed by atoms with Crippen molar-refractivity contribution in [3.8, 4) is 0 Å². The predicted molar refractivity (Wildman–Crippen MR) is 72.6 cm³/mol. The second kappa shape index (κ2) is 5.69. The van der Waals surface area contributed by atoms with E-state index in [-0.39, 0.29) is 11.5 Å². The summed E-state index contributed by atoms with van der Waals surface area (Å²) in [4.78, 5) is 0.188. The van der Waals surface area contributed by atoms with Crippen LogP contribution in [0.2, 0.25) is 0 Å². The van der Waals surface area contributed by atoms with Crippen LogP contribution in [0.15, 0.2) is 27.6 Å². The summed E-state index contributed by atoms with van der Waals surface area (Å²) in [6.07, 6.45) is 3.39. The molecule has 1 saturated carbocycles. The van der Waals surface area contributed by atoms with E-state index >= 15 is 0 Å². The molecule has 1 aromatic carbocycles. The monoisotopic (exact) mass is 333 g/mol. The van der Waals surface area contributed by atoms with Crippen molar-refractivity contribution >= 4 is 26.0 Å². The fourth-order valence-corrected chi connectivity index (χ4v) is 3.98. The van der Waals surface area contributed by atoms with Crippen LogP contribution in [-0.2, 0) is 16.6 Å². The lowest BCUT2D eigenvalue weighted by Crippen LogP contribution is -2.32. The standard InChI is InChI=1S/C12H16BrNO3S/c13-11-5-4-10(8-15)6-12(11)18(16,17)14-7-9-2-1-3-9/h4-6,9,14-15H,1-3,7-8H2. The third-order valence-corrected chi connectivity index (χ3v) is 5.67. The molecule has 1 aromatic rings. The SMILES string of the molecule is O=S(=O)(NCC1CCC1)c1cc(CO)ccc1Br. The van der Waals surface area contributed by atoms with E-state index in [4.69, 9.17) is 5.11 Å². The van der Waals surface area contributed by atoms with Crippen molar-refractivity contribution in [2.75, 3.05) is 6.54 Å². The molecule has 100 valence electrons. The van der Waals surface area contributed by atoms with Gasteiger partial charge in [0.2, 0.25) is 10.0 Å². The van der Waals surface area contributed by atoms with Crippen molar-refractivity contribution in [2.45, 2.75) is 30.8 Å². The lowest BCUT2D eigenvalue weighted by Gasteiger charge is -2.25. The zero-order valence-corrected chi connectivity index (χ0v) is 12.3. The number of benzene rings is 1. The molecule has 2 N–H and O–H groups in total. The molecule has 1 aliphatic carbocycles. The molecule has 0 heterocycles. The number of rotatable bonds is 5. The summed E-state index contributed by atoms with van der Waals surface area (Å²) in [6.45, 7) is 0.330. The number of aliphatic hydroxyl groups is 1. The minimum atomic E-state index is -3.50. The van der Waals surface area contributed by atoms with Crippen molar-refractivity contribution in [1.82, 2.24) is 4.72 Å². The molecule has 0 aromatic heterocycles. The smallest absolute Gasteiger partial charge is 0.241 e. The molecule has 0 unspecified atom stereocenters. The predicted octanol–water partition coefficient (Wildman–Crippen LogP) is 2.02. The Kier molecular flexibility index (Phi) is 4.42. The van der Waals surface area contributed by atoms with Gasteiger partial charge in [0.1, 0.15) is 0 Å². The average molecular weight is 334 g/mol. The molecular weight excluding hydrogens is 318 g/mol. The molecule has 1 aliphatic rings. The molecule has 0 spiro atoms. The number of hydrogen-bond donors (Lipinski definition) is 2. The van der Waals surface area contributed by atoms with Crippen LogP contribution in [0.4, 0.5) is 0 Å². The van der Waals surface area contributed by atoms with Crippen molar-refractivity contribution in [3.63, 3.8) is 0 Å². The van der Waals surface area contributed by atoms with Crippen molar-refractivity contribution in [1.29, 1.82) is 0 Å². The summed E-state index contributed by atoms with van der Waals surface area (Å²) in [7, 11) is -3.50. The first-order valence-electron chi connectivity index (χ1n) is 5.92. The number of sulfonamides is 1. The number of halogens is 1. The Morgan fingerprint density at radius 2 is 2.11 bits per heavy atom. The Hall–Kier alpha value is -0.430. The summed E-state index contributed by atoms with van der Waals surface area (Å²) in [6, 6.07) is 4.83. The van der Waals surface area contributed by atoms with Crippen molar-refractivity contribution in [3.05, 3.63) is 28.2 Å². The quantitative estimate of drug-likeness (QED) is 0.866. The summed E-state index contributed by atoms with van der Waals surface area (Å²) >= 11 is 3.23. The number of hydrogen-bond acceptors (Lipinski definition) is 3. The van der Waals surface area contributed by atoms with Crippen LogP contribution in [0, 0.1) is 5.92 Å². The Morgan fingerprint density at radius 1 is 1.39 bits per heavy atom. The summed E-state index contributed by atoms with van der Waals surface area (Å²) in [5.74, 6) is 0.472. The molecular formula is C12H16BrNO3S. The molecule has 0 amide bonds. The molecule has 0 aliphatic heterocycles. The molecule has 18 heavy (non-hydrogen) atoms. The van der Waals surface area contributed by atoms with Gasteiger partial charge < -0.3 is 5.11 Å². The van der Waals surface area contributed by atoms with E-state index in [0.717, 1.165) is 12.8 Å². The summed E-state index contributed by atoms with van der Waals surface area (Å²) in [5.41, 5.74) is 0.585. The summed E-state index contributed by atoms with van der Waals surface area (Å²) in [5, 5.41) is 9.05. The van der Waals surface area contributed by atoms with Gasteiger partial charge in [-0.25, -0.2) is 13.1 Å². The Bertz CT molecular complexity index is 526. The van der Waals surface area contributed by atoms with Crippen LogP contribution in [0.3, 0.4) is 0 Å². The van der Waals surface area contributed by atoms with Gasteiger partial charge >= 0.3 is 0 Å². The van der Waals surface area contributed by atoms with Crippen molar-refractivity contribution in [2.24, 2.45) is 5.92 Å². The van der Waals surface area contributed by atoms with Gasteiger partial charge in [-0.2, -0.15) is 0 Å². The minimum Gasteiger partial charge on any atom is -0.392 e. The molecule has 0 bridgehead atoms. The molecule has 6 heteroatoms. The maximum atomic E-state index is 12.1. The van der Waals surface area contributed by atoms with Gasteiger partial charge in [-0.3, -0.25) is 0 Å². The number of nitrogens with one attached hydrogen (secondary N) is 1. The molecule has 2 rings (SSSR count). The number of aliphatic hydroxyl groups excluding tert-OH is 1. The van der Waals surface area contributed by atoms with E-state index in [2.05, 4.69) is 20.7 Å². The van der Waals surface area contributed by atoms with Gasteiger partial charge in [0, 0.05) is 11.0 Å². The molecule has 1 fully saturated rings. The highest BCUT2D eigenvalue weighted by atomic mass is 79.9. The minimum absolute atomic E-state index is 0.168. The molecule has 0 saturated heterocycles. The lowest BCUT2D eigenvalue weighted by atomic mass is 9.86. The fourth-order valence-electron chi connectivity index (χ4n) is 1.85. The highest BCUT2D eigenvalue weighted by molar-refractivity contribution is 9.10. The van der Waals surface area contributed by atoms with Gasteiger partial charge in [0.05, 0.1) is 11.5 Å². The highest BCUT2D eigenvalue weighted by Gasteiger charge is 2.22. The lowest BCUT2D eigenvalue weighted by molar-refractivity contribution is 0.281. The topological polar surface area (TPSA) is 66.4 Å². The Morgan fingerprint density at radius 3 is 2.67 bits per heavy atom. The van der Waals surface area contributed by atoms with Gasteiger partial charge in [-0.1, -0.05) is 12.5 Å². The molecule has 0 radical (unpaired) electrons. The average Bonchev–Trinajstić information content (AvgIpc) is 2.27. The fraction of sp³-hybridized carbons (Fsp3) is 0.500.